The van der Waals surface area contributed by atoms with E-state index >= 15 is 0 Å². The zero-order valence-electron chi connectivity index (χ0n) is 23.8. The highest BCUT2D eigenvalue weighted by Gasteiger charge is 2.16. The van der Waals surface area contributed by atoms with Gasteiger partial charge in [-0.1, -0.05) is 48.5 Å². The summed E-state index contributed by atoms with van der Waals surface area (Å²) in [6.07, 6.45) is 4.37. The fraction of sp³-hybridized carbons (Fsp3) is 0.114. The van der Waals surface area contributed by atoms with Gasteiger partial charge >= 0.3 is 0 Å². The molecule has 214 valence electrons. The van der Waals surface area contributed by atoms with Gasteiger partial charge in [0.05, 0.1) is 11.2 Å². The summed E-state index contributed by atoms with van der Waals surface area (Å²) < 4.78 is 11.0. The molecule has 0 fully saturated rings. The van der Waals surface area contributed by atoms with E-state index in [9.17, 15) is 9.59 Å². The van der Waals surface area contributed by atoms with Crippen LogP contribution < -0.4 is 10.2 Å². The molecule has 4 aromatic carbocycles. The molecule has 2 N–H and O–H groups in total. The maximum Gasteiger partial charge on any atom is 0.255 e. The number of anilines is 3. The second kappa shape index (κ2) is 12.1. The molecule has 1 aliphatic rings. The largest absolute Gasteiger partial charge is 0.461 e. The monoisotopic (exact) mass is 570 g/mol. The molecular formula is C35H30N4O4. The Morgan fingerprint density at radius 1 is 0.930 bits per heavy atom. The van der Waals surface area contributed by atoms with Gasteiger partial charge in [0, 0.05) is 52.6 Å². The molecule has 0 aliphatic carbocycles. The van der Waals surface area contributed by atoms with Gasteiger partial charge in [-0.3, -0.25) is 14.7 Å². The molecule has 1 aliphatic heterocycles. The summed E-state index contributed by atoms with van der Waals surface area (Å²) in [7, 11) is 1.97. The van der Waals surface area contributed by atoms with E-state index in [0.717, 1.165) is 39.1 Å². The number of fused-ring (bicyclic) bond motifs is 1. The highest BCUT2D eigenvalue weighted by Crippen LogP contribution is 2.31. The minimum atomic E-state index is -0.278. The lowest BCUT2D eigenvalue weighted by Gasteiger charge is -2.20. The fourth-order valence-corrected chi connectivity index (χ4v) is 4.97. The number of ether oxygens (including phenoxy) is 2. The Morgan fingerprint density at radius 3 is 2.51 bits per heavy atom. The third kappa shape index (κ3) is 6.18. The summed E-state index contributed by atoms with van der Waals surface area (Å²) in [4.78, 5) is 26.6. The minimum Gasteiger partial charge on any atom is -0.461 e. The normalized spacial score (nSPS) is 12.8. The molecule has 1 amide bonds. The Hall–Kier alpha value is -5.63. The number of carbonyl (C=O) groups excluding carboxylic acids is 2. The van der Waals surface area contributed by atoms with Gasteiger partial charge < -0.3 is 19.7 Å². The third-order valence-electron chi connectivity index (χ3n) is 7.32. The van der Waals surface area contributed by atoms with E-state index in [1.54, 1.807) is 30.5 Å². The van der Waals surface area contributed by atoms with Gasteiger partial charge in [0.2, 0.25) is 6.79 Å². The van der Waals surface area contributed by atoms with Crippen LogP contribution in [0.25, 0.3) is 17.0 Å². The van der Waals surface area contributed by atoms with Crippen LogP contribution in [0.5, 0.6) is 0 Å². The van der Waals surface area contributed by atoms with Crippen molar-refractivity contribution in [2.45, 2.75) is 13.3 Å². The molecule has 0 saturated carbocycles. The third-order valence-corrected chi connectivity index (χ3v) is 7.32. The van der Waals surface area contributed by atoms with E-state index in [-0.39, 0.29) is 18.5 Å². The first kappa shape index (κ1) is 27.5. The number of aromatic amines is 1. The number of amides is 1. The molecule has 2 heterocycles. The number of nitrogens with zero attached hydrogens (tertiary/aromatic N) is 2. The highest BCUT2D eigenvalue weighted by atomic mass is 16.7. The van der Waals surface area contributed by atoms with Crippen molar-refractivity contribution in [3.63, 3.8) is 0 Å². The first-order valence-electron chi connectivity index (χ1n) is 13.9. The number of aromatic nitrogens is 2. The Morgan fingerprint density at radius 2 is 1.72 bits per heavy atom. The maximum absolute atomic E-state index is 12.9. The van der Waals surface area contributed by atoms with Crippen molar-refractivity contribution in [1.82, 2.24) is 10.2 Å². The zero-order chi connectivity index (χ0) is 29.8. The molecule has 8 heteroatoms. The van der Waals surface area contributed by atoms with Crippen LogP contribution in [-0.4, -0.2) is 35.7 Å². The van der Waals surface area contributed by atoms with Crippen LogP contribution in [0.2, 0.25) is 0 Å². The van der Waals surface area contributed by atoms with Crippen LogP contribution in [-0.2, 0) is 15.9 Å². The van der Waals surface area contributed by atoms with E-state index in [4.69, 9.17) is 9.47 Å². The van der Waals surface area contributed by atoms with Gasteiger partial charge in [-0.05, 0) is 67.1 Å². The van der Waals surface area contributed by atoms with Gasteiger partial charge in [-0.15, -0.1) is 0 Å². The van der Waals surface area contributed by atoms with Crippen molar-refractivity contribution >= 4 is 45.7 Å². The Labute approximate surface area is 249 Å². The lowest BCUT2D eigenvalue weighted by atomic mass is 10.0. The fourth-order valence-electron chi connectivity index (χ4n) is 4.97. The number of nitrogens with one attached hydrogen (secondary N) is 2. The summed E-state index contributed by atoms with van der Waals surface area (Å²) in [5.74, 6) is 0.340. The molecule has 43 heavy (non-hydrogen) atoms. The van der Waals surface area contributed by atoms with Crippen molar-refractivity contribution in [2.75, 3.05) is 24.1 Å². The summed E-state index contributed by atoms with van der Waals surface area (Å²) in [5, 5.41) is 11.7. The highest BCUT2D eigenvalue weighted by molar-refractivity contribution is 6.06. The standard InChI is InChI=1S/C35H30N4O4/c1-23(40)25-10-6-11-26(17-25)35(41)36-28-12-7-13-29(19-28)39(2)30-14-15-31-32(37-38-33(31)20-30)18-27(34-21-42-22-43-34)16-24-8-4-3-5-9-24/h3-15,17-21H,16,22H2,1-2H3,(H,36,41)(H,37,38). The summed E-state index contributed by atoms with van der Waals surface area (Å²) in [5.41, 5.74) is 7.26. The van der Waals surface area contributed by atoms with Crippen molar-refractivity contribution in [1.29, 1.82) is 0 Å². The molecule has 0 atom stereocenters. The van der Waals surface area contributed by atoms with E-state index in [1.807, 2.05) is 78.7 Å². The van der Waals surface area contributed by atoms with E-state index < -0.39 is 0 Å². The SMILES string of the molecule is CC(=O)c1cccc(C(=O)Nc2cccc(N(C)c3ccc4c(C=C(Cc5ccccc5)C5=COCO5)n[nH]c4c3)c2)c1. The predicted octanol–water partition coefficient (Wildman–Crippen LogP) is 7.26. The Balaban J connectivity index is 1.23. The number of benzene rings is 4. The second-order valence-corrected chi connectivity index (χ2v) is 10.3. The van der Waals surface area contributed by atoms with Gasteiger partial charge in [0.15, 0.2) is 11.5 Å². The molecule has 1 aromatic heterocycles. The summed E-state index contributed by atoms with van der Waals surface area (Å²) in [6.45, 7) is 1.69. The van der Waals surface area contributed by atoms with E-state index in [1.165, 1.54) is 6.92 Å². The topological polar surface area (TPSA) is 96.6 Å². The van der Waals surface area contributed by atoms with Crippen LogP contribution in [0.3, 0.4) is 0 Å². The lowest BCUT2D eigenvalue weighted by molar-refractivity contribution is 0.0830. The molecule has 0 bridgehead atoms. The molecule has 6 rings (SSSR count). The van der Waals surface area contributed by atoms with Crippen molar-refractivity contribution in [2.24, 2.45) is 0 Å². The average Bonchev–Trinajstić information content (AvgIpc) is 3.71. The summed E-state index contributed by atoms with van der Waals surface area (Å²) in [6, 6.07) is 30.7. The van der Waals surface area contributed by atoms with Gasteiger partial charge in [0.1, 0.15) is 6.26 Å². The number of carbonyl (C=O) groups is 2. The lowest BCUT2D eigenvalue weighted by Crippen LogP contribution is -2.14. The number of hydrogen-bond acceptors (Lipinski definition) is 6. The molecule has 0 unspecified atom stereocenters. The van der Waals surface area contributed by atoms with E-state index in [0.29, 0.717) is 29.0 Å². The van der Waals surface area contributed by atoms with Gasteiger partial charge in [-0.25, -0.2) is 0 Å². The molecule has 5 aromatic rings. The second-order valence-electron chi connectivity index (χ2n) is 10.3. The van der Waals surface area contributed by atoms with Gasteiger partial charge in [-0.2, -0.15) is 5.10 Å². The molecule has 0 saturated heterocycles. The molecule has 0 radical (unpaired) electrons. The first-order valence-corrected chi connectivity index (χ1v) is 13.9. The van der Waals surface area contributed by atoms with Crippen molar-refractivity contribution in [3.05, 3.63) is 137 Å². The first-order chi connectivity index (χ1) is 20.9. The number of allylic oxidation sites excluding steroid dienone is 1. The number of Topliss-reactive ketones (excluding diaryl/α,β-unsaturated/α-hetero) is 1. The van der Waals surface area contributed by atoms with Crippen LogP contribution >= 0.6 is 0 Å². The van der Waals surface area contributed by atoms with Crippen molar-refractivity contribution in [3.8, 4) is 0 Å². The predicted molar refractivity (Wildman–Crippen MR) is 168 cm³/mol. The Bertz CT molecular complexity index is 1870. The summed E-state index contributed by atoms with van der Waals surface area (Å²) >= 11 is 0. The van der Waals surface area contributed by atoms with Crippen LogP contribution in [0, 0.1) is 0 Å². The van der Waals surface area contributed by atoms with Crippen molar-refractivity contribution < 1.29 is 19.1 Å². The quantitative estimate of drug-likeness (QED) is 0.181. The minimum absolute atomic E-state index is 0.0851. The number of rotatable bonds is 9. The number of ketones is 1. The van der Waals surface area contributed by atoms with Crippen LogP contribution in [0.1, 0.15) is 38.9 Å². The smallest absolute Gasteiger partial charge is 0.255 e. The number of hydrogen-bond donors (Lipinski definition) is 2. The van der Waals surface area contributed by atoms with E-state index in [2.05, 4.69) is 27.6 Å². The zero-order valence-corrected chi connectivity index (χ0v) is 23.8. The average molecular weight is 571 g/mol. The van der Waals surface area contributed by atoms with Crippen LogP contribution in [0.4, 0.5) is 17.1 Å². The number of H-pyrrole nitrogens is 1. The molecule has 0 spiro atoms. The maximum atomic E-state index is 12.9. The van der Waals surface area contributed by atoms with Crippen LogP contribution in [0.15, 0.2) is 115 Å². The van der Waals surface area contributed by atoms with Gasteiger partial charge in [0.25, 0.3) is 5.91 Å². The Kier molecular flexibility index (Phi) is 7.74. The molecular weight excluding hydrogens is 540 g/mol. The molecule has 8 nitrogen and oxygen atoms in total.